The monoisotopic (exact) mass is 261 g/mol. The molecule has 0 atom stereocenters. The number of primary amides is 1. The molecular formula is C9H15N3O6. The van der Waals surface area contributed by atoms with Crippen LogP contribution in [0.25, 0.3) is 0 Å². The first kappa shape index (κ1) is 15.7. The second kappa shape index (κ2) is 7.87. The van der Waals surface area contributed by atoms with E-state index in [1.165, 1.54) is 0 Å². The van der Waals surface area contributed by atoms with Crippen molar-refractivity contribution in [2.75, 3.05) is 26.2 Å². The summed E-state index contributed by atoms with van der Waals surface area (Å²) in [5, 5.41) is 10.7. The Labute approximate surface area is 103 Å². The van der Waals surface area contributed by atoms with Gasteiger partial charge in [-0.1, -0.05) is 0 Å². The van der Waals surface area contributed by atoms with Gasteiger partial charge < -0.3 is 25.8 Å². The van der Waals surface area contributed by atoms with Crippen LogP contribution in [-0.2, 0) is 19.1 Å². The molecule has 0 bridgehead atoms. The van der Waals surface area contributed by atoms with Gasteiger partial charge in [0.25, 0.3) is 0 Å². The Kier molecular flexibility index (Phi) is 6.86. The minimum absolute atomic E-state index is 0.162. The number of nitrogens with one attached hydrogen (secondary N) is 1. The van der Waals surface area contributed by atoms with Gasteiger partial charge in [-0.15, -0.1) is 0 Å². The third-order valence-corrected chi connectivity index (χ3v) is 1.65. The fourth-order valence-corrected chi connectivity index (χ4v) is 1.02. The first-order valence-electron chi connectivity index (χ1n) is 5.05. The molecular weight excluding hydrogens is 246 g/mol. The van der Waals surface area contributed by atoms with Crippen LogP contribution in [0.3, 0.4) is 0 Å². The molecule has 9 heteroatoms. The van der Waals surface area contributed by atoms with E-state index < -0.39 is 43.5 Å². The van der Waals surface area contributed by atoms with E-state index in [0.717, 1.165) is 0 Å². The Morgan fingerprint density at radius 2 is 1.89 bits per heavy atom. The minimum atomic E-state index is -1.30. The predicted molar refractivity (Wildman–Crippen MR) is 58.4 cm³/mol. The van der Waals surface area contributed by atoms with Crippen LogP contribution < -0.4 is 11.1 Å². The van der Waals surface area contributed by atoms with Crippen LogP contribution >= 0.6 is 0 Å². The maximum atomic E-state index is 11.5. The smallest absolute Gasteiger partial charge is 0.325 e. The number of aliphatic carboxylic acids is 1. The van der Waals surface area contributed by atoms with Crippen molar-refractivity contribution in [3.63, 3.8) is 0 Å². The zero-order valence-corrected chi connectivity index (χ0v) is 9.84. The lowest BCUT2D eigenvalue weighted by Crippen LogP contribution is -2.47. The molecule has 4 N–H and O–H groups in total. The molecule has 0 saturated carbocycles. The highest BCUT2D eigenvalue weighted by Crippen LogP contribution is 1.90. The number of hydrogen-bond donors (Lipinski definition) is 3. The van der Waals surface area contributed by atoms with Gasteiger partial charge >= 0.3 is 18.0 Å². The standard InChI is InChI=1S/C9H15N3O6/c1-2-18-8(16)3-11-9(17)12(4-6(10)13)5-7(14)15/h2-5H2,1H3,(H2,10,13)(H,11,17)(H,14,15). The molecule has 0 spiro atoms. The first-order valence-corrected chi connectivity index (χ1v) is 5.05. The molecule has 0 rings (SSSR count). The average Bonchev–Trinajstić information content (AvgIpc) is 2.24. The molecule has 0 fully saturated rings. The number of urea groups is 1. The molecule has 0 aromatic carbocycles. The summed E-state index contributed by atoms with van der Waals surface area (Å²) in [4.78, 5) is 44.2. The molecule has 18 heavy (non-hydrogen) atoms. The molecule has 0 radical (unpaired) electrons. The molecule has 0 heterocycles. The van der Waals surface area contributed by atoms with Crippen molar-refractivity contribution < 1.29 is 29.0 Å². The molecule has 3 amide bonds. The fourth-order valence-electron chi connectivity index (χ4n) is 1.02. The van der Waals surface area contributed by atoms with E-state index in [2.05, 4.69) is 10.1 Å². The molecule has 0 saturated heterocycles. The third-order valence-electron chi connectivity index (χ3n) is 1.65. The summed E-state index contributed by atoms with van der Waals surface area (Å²) < 4.78 is 4.55. The van der Waals surface area contributed by atoms with Crippen LogP contribution in [0.5, 0.6) is 0 Å². The first-order chi connectivity index (χ1) is 8.36. The highest BCUT2D eigenvalue weighted by molar-refractivity contribution is 5.87. The number of hydrogen-bond acceptors (Lipinski definition) is 5. The van der Waals surface area contributed by atoms with Crippen molar-refractivity contribution in [2.45, 2.75) is 6.92 Å². The Morgan fingerprint density at radius 3 is 2.33 bits per heavy atom. The number of esters is 1. The summed E-state index contributed by atoms with van der Waals surface area (Å²) >= 11 is 0. The number of rotatable bonds is 7. The fraction of sp³-hybridized carbons (Fsp3) is 0.556. The molecule has 9 nitrogen and oxygen atoms in total. The van der Waals surface area contributed by atoms with E-state index in [1.807, 2.05) is 0 Å². The van der Waals surface area contributed by atoms with Gasteiger partial charge in [-0.05, 0) is 6.92 Å². The number of ether oxygens (including phenoxy) is 1. The summed E-state index contributed by atoms with van der Waals surface area (Å²) in [6, 6.07) is -0.885. The lowest BCUT2D eigenvalue weighted by Gasteiger charge is -2.19. The molecule has 0 unspecified atom stereocenters. The molecule has 0 aromatic rings. The van der Waals surface area contributed by atoms with Gasteiger partial charge in [0.2, 0.25) is 5.91 Å². The van der Waals surface area contributed by atoms with Gasteiger partial charge in [-0.3, -0.25) is 14.4 Å². The van der Waals surface area contributed by atoms with Gasteiger partial charge in [0.15, 0.2) is 0 Å². The SMILES string of the molecule is CCOC(=O)CNC(=O)N(CC(N)=O)CC(=O)O. The maximum absolute atomic E-state index is 11.5. The second-order valence-electron chi connectivity index (χ2n) is 3.18. The van der Waals surface area contributed by atoms with Crippen LogP contribution in [0.1, 0.15) is 6.92 Å². The maximum Gasteiger partial charge on any atom is 0.325 e. The highest BCUT2D eigenvalue weighted by atomic mass is 16.5. The topological polar surface area (TPSA) is 139 Å². The summed E-state index contributed by atoms with van der Waals surface area (Å²) in [6.07, 6.45) is 0. The van der Waals surface area contributed by atoms with Crippen molar-refractivity contribution in [3.05, 3.63) is 0 Å². The Hall–Kier alpha value is -2.32. The summed E-state index contributed by atoms with van der Waals surface area (Å²) in [6.45, 7) is 0.0957. The minimum Gasteiger partial charge on any atom is -0.480 e. The van der Waals surface area contributed by atoms with Crippen molar-refractivity contribution in [2.24, 2.45) is 5.73 Å². The lowest BCUT2D eigenvalue weighted by atomic mass is 10.4. The molecule has 0 aliphatic carbocycles. The zero-order valence-electron chi connectivity index (χ0n) is 9.84. The second-order valence-corrected chi connectivity index (χ2v) is 3.18. The van der Waals surface area contributed by atoms with Gasteiger partial charge in [-0.2, -0.15) is 0 Å². The summed E-state index contributed by atoms with van der Waals surface area (Å²) in [5.74, 6) is -2.83. The third kappa shape index (κ3) is 7.04. The Balaban J connectivity index is 4.32. The number of nitrogens with two attached hydrogens (primary N) is 1. The Morgan fingerprint density at radius 1 is 1.28 bits per heavy atom. The number of carbonyl (C=O) groups is 4. The molecule has 0 aliphatic heterocycles. The van der Waals surface area contributed by atoms with Crippen LogP contribution in [0, 0.1) is 0 Å². The van der Waals surface area contributed by atoms with E-state index in [9.17, 15) is 19.2 Å². The average molecular weight is 261 g/mol. The van der Waals surface area contributed by atoms with E-state index in [4.69, 9.17) is 10.8 Å². The van der Waals surface area contributed by atoms with E-state index in [1.54, 1.807) is 6.92 Å². The van der Waals surface area contributed by atoms with Crippen molar-refractivity contribution in [3.8, 4) is 0 Å². The number of nitrogens with zero attached hydrogens (tertiary/aromatic N) is 1. The highest BCUT2D eigenvalue weighted by Gasteiger charge is 2.19. The molecule has 0 aromatic heterocycles. The van der Waals surface area contributed by atoms with Gasteiger partial charge in [0.05, 0.1) is 6.61 Å². The predicted octanol–water partition coefficient (Wildman–Crippen LogP) is -1.87. The quantitative estimate of drug-likeness (QED) is 0.459. The number of carboxylic acid groups (broad SMARTS) is 1. The van der Waals surface area contributed by atoms with Crippen molar-refractivity contribution >= 4 is 23.9 Å². The van der Waals surface area contributed by atoms with Crippen LogP contribution in [-0.4, -0.2) is 60.1 Å². The van der Waals surface area contributed by atoms with Gasteiger partial charge in [-0.25, -0.2) is 4.79 Å². The molecule has 0 aliphatic rings. The van der Waals surface area contributed by atoms with E-state index >= 15 is 0 Å². The summed E-state index contributed by atoms with van der Waals surface area (Å²) in [5.41, 5.74) is 4.87. The number of carboxylic acids is 1. The van der Waals surface area contributed by atoms with Gasteiger partial charge in [0.1, 0.15) is 19.6 Å². The van der Waals surface area contributed by atoms with Crippen molar-refractivity contribution in [1.29, 1.82) is 0 Å². The number of amides is 3. The van der Waals surface area contributed by atoms with E-state index in [0.29, 0.717) is 4.90 Å². The zero-order chi connectivity index (χ0) is 14.1. The lowest BCUT2D eigenvalue weighted by molar-refractivity contribution is -0.141. The normalized spacial score (nSPS) is 9.39. The van der Waals surface area contributed by atoms with Crippen LogP contribution in [0.4, 0.5) is 4.79 Å². The van der Waals surface area contributed by atoms with Gasteiger partial charge in [0, 0.05) is 0 Å². The molecule has 102 valence electrons. The van der Waals surface area contributed by atoms with Crippen molar-refractivity contribution in [1.82, 2.24) is 10.2 Å². The number of carbonyl (C=O) groups excluding carboxylic acids is 3. The van der Waals surface area contributed by atoms with E-state index in [-0.39, 0.29) is 6.61 Å². The van der Waals surface area contributed by atoms with Crippen LogP contribution in [0.2, 0.25) is 0 Å². The van der Waals surface area contributed by atoms with Crippen LogP contribution in [0.15, 0.2) is 0 Å². The largest absolute Gasteiger partial charge is 0.480 e. The summed E-state index contributed by atoms with van der Waals surface area (Å²) in [7, 11) is 0. The Bertz CT molecular complexity index is 327.